The van der Waals surface area contributed by atoms with Gasteiger partial charge in [-0.2, -0.15) is 0 Å². The van der Waals surface area contributed by atoms with Crippen LogP contribution in [0.5, 0.6) is 0 Å². The van der Waals surface area contributed by atoms with Crippen molar-refractivity contribution in [3.8, 4) is 11.1 Å². The Morgan fingerprint density at radius 3 is 2.11 bits per heavy atom. The molecule has 2 nitrogen and oxygen atoms in total. The number of aromatic nitrogens is 1. The Labute approximate surface area is 273 Å². The van der Waals surface area contributed by atoms with E-state index in [-0.39, 0.29) is 0 Å². The van der Waals surface area contributed by atoms with Gasteiger partial charge in [-0.05, 0) is 98.4 Å². The van der Waals surface area contributed by atoms with Crippen molar-refractivity contribution in [2.75, 3.05) is 4.90 Å². The molecule has 0 amide bonds. The summed E-state index contributed by atoms with van der Waals surface area (Å²) in [6, 6.07) is 53.0. The van der Waals surface area contributed by atoms with Crippen LogP contribution in [-0.4, -0.2) is 4.98 Å². The van der Waals surface area contributed by atoms with E-state index < -0.39 is 0 Å². The standard InChI is InChI=1S/C43H30N2S/c1-2-14-32(15-3-1)45-40-20-9-5-12-30(40)21-22-31-23-24-33(27-41(31)45)46-43-37-18-8-7-17-36(37)42(39-28-44-26-25-38(39)43)35-19-10-13-29-11-4-6-16-34(29)35/h1-20,23-28H,21-22H2. The smallest absolute Gasteiger partial charge is 0.0505 e. The maximum atomic E-state index is 4.65. The first-order chi connectivity index (χ1) is 22.8. The van der Waals surface area contributed by atoms with Crippen molar-refractivity contribution in [2.45, 2.75) is 22.6 Å². The summed E-state index contributed by atoms with van der Waals surface area (Å²) in [6.45, 7) is 0. The minimum absolute atomic E-state index is 1.01. The molecular weight excluding hydrogens is 577 g/mol. The third-order valence-corrected chi connectivity index (χ3v) is 10.4. The second-order valence-corrected chi connectivity index (χ2v) is 13.0. The lowest BCUT2D eigenvalue weighted by Gasteiger charge is -2.27. The van der Waals surface area contributed by atoms with Crippen LogP contribution in [-0.2, 0) is 12.8 Å². The van der Waals surface area contributed by atoms with Gasteiger partial charge in [0.2, 0.25) is 0 Å². The monoisotopic (exact) mass is 606 g/mol. The average molecular weight is 607 g/mol. The number of benzene rings is 7. The van der Waals surface area contributed by atoms with E-state index in [4.69, 9.17) is 0 Å². The lowest BCUT2D eigenvalue weighted by atomic mass is 9.90. The fourth-order valence-electron chi connectivity index (χ4n) is 7.16. The van der Waals surface area contributed by atoms with E-state index >= 15 is 0 Å². The molecule has 3 heteroatoms. The number of hydrogen-bond donors (Lipinski definition) is 0. The Morgan fingerprint density at radius 1 is 0.522 bits per heavy atom. The van der Waals surface area contributed by atoms with Gasteiger partial charge >= 0.3 is 0 Å². The highest BCUT2D eigenvalue weighted by molar-refractivity contribution is 7.99. The zero-order chi connectivity index (χ0) is 30.5. The van der Waals surface area contributed by atoms with Crippen molar-refractivity contribution in [3.63, 3.8) is 0 Å². The second-order valence-electron chi connectivity index (χ2n) is 11.9. The number of rotatable bonds is 4. The van der Waals surface area contributed by atoms with Crippen LogP contribution in [0.4, 0.5) is 17.1 Å². The fraction of sp³-hybridized carbons (Fsp3) is 0.0465. The predicted molar refractivity (Wildman–Crippen MR) is 195 cm³/mol. The third kappa shape index (κ3) is 4.47. The van der Waals surface area contributed by atoms with Crippen LogP contribution in [0.1, 0.15) is 11.1 Å². The first-order valence-corrected chi connectivity index (χ1v) is 16.7. The first-order valence-electron chi connectivity index (χ1n) is 15.8. The minimum Gasteiger partial charge on any atom is -0.310 e. The number of pyridine rings is 1. The highest BCUT2D eigenvalue weighted by atomic mass is 32.2. The summed E-state index contributed by atoms with van der Waals surface area (Å²) >= 11 is 1.86. The third-order valence-electron chi connectivity index (χ3n) is 9.26. The van der Waals surface area contributed by atoms with Crippen molar-refractivity contribution in [2.24, 2.45) is 0 Å². The SMILES string of the molecule is c1ccc(N2c3ccccc3CCc3ccc(Sc4c5ccccc5c(-c5cccc6ccccc56)c5cnccc45)cc32)cc1. The zero-order valence-electron chi connectivity index (χ0n) is 25.2. The van der Waals surface area contributed by atoms with E-state index in [1.807, 2.05) is 24.2 Å². The van der Waals surface area contributed by atoms with E-state index in [1.54, 1.807) is 0 Å². The Bertz CT molecular complexity index is 2350. The molecule has 46 heavy (non-hydrogen) atoms. The van der Waals surface area contributed by atoms with Crippen LogP contribution in [0.3, 0.4) is 0 Å². The molecule has 0 radical (unpaired) electrons. The summed E-state index contributed by atoms with van der Waals surface area (Å²) in [7, 11) is 0. The van der Waals surface area contributed by atoms with Gasteiger partial charge in [0.1, 0.15) is 0 Å². The van der Waals surface area contributed by atoms with Crippen molar-refractivity contribution in [3.05, 3.63) is 169 Å². The number of anilines is 3. The summed E-state index contributed by atoms with van der Waals surface area (Å²) in [5.41, 5.74) is 8.93. The van der Waals surface area contributed by atoms with Crippen molar-refractivity contribution in [1.29, 1.82) is 0 Å². The van der Waals surface area contributed by atoms with E-state index in [0.29, 0.717) is 0 Å². The Balaban J connectivity index is 1.25. The van der Waals surface area contributed by atoms with Crippen LogP contribution >= 0.6 is 11.8 Å². The summed E-state index contributed by atoms with van der Waals surface area (Å²) in [5, 5.41) is 7.41. The molecule has 0 fully saturated rings. The lowest BCUT2D eigenvalue weighted by molar-refractivity contribution is 0.976. The van der Waals surface area contributed by atoms with Gasteiger partial charge in [-0.3, -0.25) is 4.98 Å². The van der Waals surface area contributed by atoms with Crippen LogP contribution in [0.25, 0.3) is 43.4 Å². The zero-order valence-corrected chi connectivity index (χ0v) is 26.0. The molecule has 8 aromatic rings. The van der Waals surface area contributed by atoms with E-state index in [0.717, 1.165) is 12.8 Å². The van der Waals surface area contributed by atoms with Crippen molar-refractivity contribution >= 4 is 61.1 Å². The quantitative estimate of drug-likeness (QED) is 0.185. The predicted octanol–water partition coefficient (Wildman–Crippen LogP) is 11.9. The Hall–Kier alpha value is -5.38. The normalized spacial score (nSPS) is 12.7. The molecule has 0 saturated heterocycles. The molecule has 0 N–H and O–H groups in total. The maximum Gasteiger partial charge on any atom is 0.0505 e. The van der Waals surface area contributed by atoms with Crippen LogP contribution in [0.15, 0.2) is 168 Å². The average Bonchev–Trinajstić information content (AvgIpc) is 3.28. The van der Waals surface area contributed by atoms with Gasteiger partial charge in [0, 0.05) is 38.9 Å². The molecule has 1 aliphatic heterocycles. The van der Waals surface area contributed by atoms with Gasteiger partial charge in [-0.1, -0.05) is 121 Å². The number of aryl methyl sites for hydroxylation is 2. The van der Waals surface area contributed by atoms with E-state index in [2.05, 4.69) is 155 Å². The molecular formula is C43H30N2S. The van der Waals surface area contributed by atoms with Gasteiger partial charge in [0.05, 0.1) is 5.69 Å². The molecule has 218 valence electrons. The fourth-order valence-corrected chi connectivity index (χ4v) is 8.28. The molecule has 0 aliphatic carbocycles. The van der Waals surface area contributed by atoms with Gasteiger partial charge in [0.25, 0.3) is 0 Å². The van der Waals surface area contributed by atoms with E-state index in [9.17, 15) is 0 Å². The highest BCUT2D eigenvalue weighted by Crippen LogP contribution is 2.48. The first kappa shape index (κ1) is 27.0. The Morgan fingerprint density at radius 2 is 1.22 bits per heavy atom. The molecule has 2 heterocycles. The van der Waals surface area contributed by atoms with Crippen LogP contribution < -0.4 is 4.90 Å². The molecule has 0 atom stereocenters. The number of nitrogens with zero attached hydrogens (tertiary/aromatic N) is 2. The molecule has 1 aliphatic rings. The molecule has 0 spiro atoms. The molecule has 7 aromatic carbocycles. The molecule has 9 rings (SSSR count). The number of para-hydroxylation sites is 2. The lowest BCUT2D eigenvalue weighted by Crippen LogP contribution is -2.11. The number of fused-ring (bicyclic) bond motifs is 5. The summed E-state index contributed by atoms with van der Waals surface area (Å²) in [6.07, 6.45) is 6.02. The van der Waals surface area contributed by atoms with Gasteiger partial charge in [-0.25, -0.2) is 0 Å². The summed E-state index contributed by atoms with van der Waals surface area (Å²) in [5.74, 6) is 0. The van der Waals surface area contributed by atoms with Crippen molar-refractivity contribution in [1.82, 2.24) is 4.98 Å². The van der Waals surface area contributed by atoms with Crippen LogP contribution in [0.2, 0.25) is 0 Å². The van der Waals surface area contributed by atoms with Gasteiger partial charge < -0.3 is 4.90 Å². The minimum atomic E-state index is 1.01. The Kier molecular flexibility index (Phi) is 6.57. The van der Waals surface area contributed by atoms with Crippen molar-refractivity contribution < 1.29 is 0 Å². The van der Waals surface area contributed by atoms with Crippen LogP contribution in [0, 0.1) is 0 Å². The largest absolute Gasteiger partial charge is 0.310 e. The second kappa shape index (κ2) is 11.2. The van der Waals surface area contributed by atoms with Gasteiger partial charge in [-0.15, -0.1) is 0 Å². The molecule has 0 saturated carbocycles. The molecule has 0 unspecified atom stereocenters. The number of hydrogen-bond acceptors (Lipinski definition) is 3. The topological polar surface area (TPSA) is 16.1 Å². The summed E-state index contributed by atoms with van der Waals surface area (Å²) < 4.78 is 0. The maximum absolute atomic E-state index is 4.65. The van der Waals surface area contributed by atoms with Gasteiger partial charge in [0.15, 0.2) is 0 Å². The molecule has 0 bridgehead atoms. The molecule has 1 aromatic heterocycles. The summed E-state index contributed by atoms with van der Waals surface area (Å²) in [4.78, 5) is 9.58. The highest BCUT2D eigenvalue weighted by Gasteiger charge is 2.23. The van der Waals surface area contributed by atoms with E-state index in [1.165, 1.54) is 81.4 Å².